The second-order valence-corrected chi connectivity index (χ2v) is 8.82. The Morgan fingerprint density at radius 1 is 1.03 bits per heavy atom. The predicted octanol–water partition coefficient (Wildman–Crippen LogP) is -0.665. The zero-order valence-corrected chi connectivity index (χ0v) is 18.3. The maximum atomic E-state index is 13.0. The van der Waals surface area contributed by atoms with E-state index < -0.39 is 18.3 Å². The van der Waals surface area contributed by atoms with Crippen molar-refractivity contribution in [1.82, 2.24) is 15.1 Å². The summed E-state index contributed by atoms with van der Waals surface area (Å²) in [5.41, 5.74) is 0. The predicted molar refractivity (Wildman–Crippen MR) is 112 cm³/mol. The third-order valence-corrected chi connectivity index (χ3v) is 5.70. The Kier molecular flexibility index (Phi) is 10.5. The molecule has 0 aromatic rings. The van der Waals surface area contributed by atoms with E-state index in [1.165, 1.54) is 4.90 Å². The summed E-state index contributed by atoms with van der Waals surface area (Å²) in [4.78, 5) is 29.0. The van der Waals surface area contributed by atoms with Crippen LogP contribution in [-0.2, 0) is 14.3 Å². The van der Waals surface area contributed by atoms with E-state index in [9.17, 15) is 24.9 Å². The summed E-state index contributed by atoms with van der Waals surface area (Å²) in [6.45, 7) is 6.15. The van der Waals surface area contributed by atoms with E-state index in [2.05, 4.69) is 5.32 Å². The largest absolute Gasteiger partial charge is 0.388 e. The molecule has 0 aromatic heterocycles. The van der Waals surface area contributed by atoms with Crippen LogP contribution >= 0.6 is 0 Å². The van der Waals surface area contributed by atoms with Crippen LogP contribution in [0.3, 0.4) is 0 Å². The number of β-amino-alcohol motifs (C(OH)–C–C–N with tert-alkyl or cyclic N) is 1. The summed E-state index contributed by atoms with van der Waals surface area (Å²) in [7, 11) is 0. The Bertz CT molecular complexity index is 541. The molecule has 4 atom stereocenters. The molecule has 0 radical (unpaired) electrons. The Morgan fingerprint density at radius 3 is 2.43 bits per heavy atom. The van der Waals surface area contributed by atoms with Gasteiger partial charge in [0.15, 0.2) is 0 Å². The van der Waals surface area contributed by atoms with Gasteiger partial charge in [-0.25, -0.2) is 0 Å². The number of carbonyl (C=O) groups excluding carboxylic acids is 2. The lowest BCUT2D eigenvalue weighted by atomic mass is 10.1. The molecule has 0 unspecified atom stereocenters. The van der Waals surface area contributed by atoms with E-state index >= 15 is 0 Å². The summed E-state index contributed by atoms with van der Waals surface area (Å²) in [5.74, 6) is 0.0559. The fourth-order valence-electron chi connectivity index (χ4n) is 3.89. The average Bonchev–Trinajstić information content (AvgIpc) is 3.23. The van der Waals surface area contributed by atoms with Gasteiger partial charge in [0.25, 0.3) is 0 Å². The molecule has 2 amide bonds. The van der Waals surface area contributed by atoms with Gasteiger partial charge < -0.3 is 35.2 Å². The molecule has 0 saturated carbocycles. The van der Waals surface area contributed by atoms with Crippen molar-refractivity contribution in [2.45, 2.75) is 70.3 Å². The molecule has 9 nitrogen and oxygen atoms in total. The lowest BCUT2D eigenvalue weighted by Gasteiger charge is -2.33. The number of carbonyl (C=O) groups is 2. The molecule has 2 saturated heterocycles. The van der Waals surface area contributed by atoms with Crippen molar-refractivity contribution in [2.24, 2.45) is 5.92 Å². The molecule has 2 aliphatic rings. The summed E-state index contributed by atoms with van der Waals surface area (Å²) in [6.07, 6.45) is -0.376. The summed E-state index contributed by atoms with van der Waals surface area (Å²) in [5, 5.41) is 33.9. The summed E-state index contributed by atoms with van der Waals surface area (Å²) >= 11 is 0. The Hall–Kier alpha value is -1.26. The molecule has 4 N–H and O–H groups in total. The summed E-state index contributed by atoms with van der Waals surface area (Å²) < 4.78 is 5.41. The van der Waals surface area contributed by atoms with Gasteiger partial charge in [-0.3, -0.25) is 9.59 Å². The van der Waals surface area contributed by atoms with Gasteiger partial charge in [0.2, 0.25) is 11.8 Å². The molecule has 0 aliphatic carbocycles. The van der Waals surface area contributed by atoms with E-state index in [0.717, 1.165) is 25.8 Å². The van der Waals surface area contributed by atoms with Gasteiger partial charge in [0.1, 0.15) is 18.3 Å². The van der Waals surface area contributed by atoms with Gasteiger partial charge >= 0.3 is 0 Å². The van der Waals surface area contributed by atoms with Crippen molar-refractivity contribution in [1.29, 1.82) is 0 Å². The van der Waals surface area contributed by atoms with Crippen molar-refractivity contribution in [3.8, 4) is 0 Å². The second-order valence-electron chi connectivity index (χ2n) is 8.82. The van der Waals surface area contributed by atoms with E-state index in [1.54, 1.807) is 4.90 Å². The third kappa shape index (κ3) is 7.77. The van der Waals surface area contributed by atoms with Crippen molar-refractivity contribution < 1.29 is 29.6 Å². The number of aliphatic hydroxyl groups is 3. The molecule has 0 bridgehead atoms. The molecule has 2 aliphatic heterocycles. The van der Waals surface area contributed by atoms with Crippen LogP contribution in [0.5, 0.6) is 0 Å². The van der Waals surface area contributed by atoms with Crippen LogP contribution in [0.1, 0.15) is 46.0 Å². The average molecular weight is 430 g/mol. The van der Waals surface area contributed by atoms with Crippen LogP contribution in [0.15, 0.2) is 0 Å². The molecule has 0 aromatic carbocycles. The number of rotatable bonds is 3. The SMILES string of the molecule is CC(C)CC(=O)N1CCN(C(=O)[C@H]2CCCN2)CCCCOC[C@@H](O)[C@H](O)[C@@H](O)C1. The minimum Gasteiger partial charge on any atom is -0.388 e. The number of hydrogen-bond donors (Lipinski definition) is 4. The molecule has 2 fully saturated rings. The van der Waals surface area contributed by atoms with Crippen LogP contribution in [0.2, 0.25) is 0 Å². The number of hydrogen-bond acceptors (Lipinski definition) is 7. The number of nitrogens with zero attached hydrogens (tertiary/aromatic N) is 2. The molecule has 2 rings (SSSR count). The van der Waals surface area contributed by atoms with Gasteiger partial charge in [0.05, 0.1) is 12.6 Å². The topological polar surface area (TPSA) is 123 Å². The van der Waals surface area contributed by atoms with Gasteiger partial charge in [-0.15, -0.1) is 0 Å². The molecule has 0 spiro atoms. The minimum atomic E-state index is -1.41. The highest BCUT2D eigenvalue weighted by molar-refractivity contribution is 5.82. The smallest absolute Gasteiger partial charge is 0.239 e. The van der Waals surface area contributed by atoms with Crippen molar-refractivity contribution >= 4 is 11.8 Å². The molecule has 30 heavy (non-hydrogen) atoms. The highest BCUT2D eigenvalue weighted by Crippen LogP contribution is 2.13. The maximum Gasteiger partial charge on any atom is 0.239 e. The quantitative estimate of drug-likeness (QED) is 0.469. The van der Waals surface area contributed by atoms with E-state index in [-0.39, 0.29) is 43.5 Å². The fraction of sp³-hybridized carbons (Fsp3) is 0.905. The number of aliphatic hydroxyl groups excluding tert-OH is 3. The lowest BCUT2D eigenvalue weighted by Crippen LogP contribution is -2.51. The lowest BCUT2D eigenvalue weighted by molar-refractivity contribution is -0.140. The summed E-state index contributed by atoms with van der Waals surface area (Å²) in [6, 6.07) is -0.178. The Labute approximate surface area is 179 Å². The van der Waals surface area contributed by atoms with Gasteiger partial charge in [-0.05, 0) is 38.1 Å². The zero-order chi connectivity index (χ0) is 22.1. The normalized spacial score (nSPS) is 30.3. The first-order valence-corrected chi connectivity index (χ1v) is 11.2. The van der Waals surface area contributed by atoms with Crippen molar-refractivity contribution in [3.05, 3.63) is 0 Å². The maximum absolute atomic E-state index is 13.0. The zero-order valence-electron chi connectivity index (χ0n) is 18.3. The molecular weight excluding hydrogens is 390 g/mol. The fourth-order valence-corrected chi connectivity index (χ4v) is 3.89. The van der Waals surface area contributed by atoms with E-state index in [4.69, 9.17) is 4.74 Å². The highest BCUT2D eigenvalue weighted by atomic mass is 16.5. The minimum absolute atomic E-state index is 0.0489. The first-order chi connectivity index (χ1) is 14.3. The Balaban J connectivity index is 2.12. The van der Waals surface area contributed by atoms with Gasteiger partial charge in [0, 0.05) is 39.2 Å². The standard InChI is InChI=1S/C21H39N3O6/c1-15(2)12-19(27)24-10-9-23(21(29)16-6-5-7-22-16)8-3-4-11-30-14-18(26)20(28)17(25)13-24/h15-18,20,22,25-26,28H,3-14H2,1-2H3/t16-,17+,18-,20-/m1/s1. The van der Waals surface area contributed by atoms with Crippen LogP contribution in [0.25, 0.3) is 0 Å². The van der Waals surface area contributed by atoms with Crippen LogP contribution in [-0.4, -0.2) is 107 Å². The molecular formula is C21H39N3O6. The first-order valence-electron chi connectivity index (χ1n) is 11.2. The number of nitrogens with one attached hydrogen (secondary N) is 1. The van der Waals surface area contributed by atoms with Crippen LogP contribution in [0.4, 0.5) is 0 Å². The number of amides is 2. The second kappa shape index (κ2) is 12.6. The van der Waals surface area contributed by atoms with E-state index in [0.29, 0.717) is 32.5 Å². The van der Waals surface area contributed by atoms with Crippen molar-refractivity contribution in [2.75, 3.05) is 45.9 Å². The third-order valence-electron chi connectivity index (χ3n) is 5.70. The van der Waals surface area contributed by atoms with Crippen molar-refractivity contribution in [3.63, 3.8) is 0 Å². The Morgan fingerprint density at radius 2 is 1.77 bits per heavy atom. The molecule has 2 heterocycles. The van der Waals surface area contributed by atoms with E-state index in [1.807, 2.05) is 13.8 Å². The van der Waals surface area contributed by atoms with Crippen LogP contribution in [0, 0.1) is 5.92 Å². The van der Waals surface area contributed by atoms with Crippen LogP contribution < -0.4 is 5.32 Å². The first kappa shape index (κ1) is 25.0. The van der Waals surface area contributed by atoms with Gasteiger partial charge in [-0.2, -0.15) is 0 Å². The highest BCUT2D eigenvalue weighted by Gasteiger charge is 2.31. The van der Waals surface area contributed by atoms with Gasteiger partial charge in [-0.1, -0.05) is 13.8 Å². The molecule has 174 valence electrons. The molecule has 9 heteroatoms. The monoisotopic (exact) mass is 429 g/mol. The number of ether oxygens (including phenoxy) is 1.